The van der Waals surface area contributed by atoms with Gasteiger partial charge in [0.1, 0.15) is 0 Å². The van der Waals surface area contributed by atoms with Gasteiger partial charge in [0.2, 0.25) is 10.0 Å². The molecule has 0 aromatic heterocycles. The molecule has 1 aliphatic heterocycles. The van der Waals surface area contributed by atoms with Gasteiger partial charge in [-0.25, -0.2) is 13.1 Å². The standard InChI is InChI=1S/C22H32N2O2S/c1-27(25,26)23-21-14-22(20-5-3-2-4-19(20)21)8-10-24(11-9-22)15-18-13-16-6-7-17(18)12-16/h2-5,16-18,21,23H,6-15H2,1H3/t16-,17?,18+,21+/m0/s1. The predicted molar refractivity (Wildman–Crippen MR) is 108 cm³/mol. The van der Waals surface area contributed by atoms with Gasteiger partial charge in [0.25, 0.3) is 0 Å². The average Bonchev–Trinajstić information content (AvgIpc) is 3.31. The maximum Gasteiger partial charge on any atom is 0.209 e. The maximum absolute atomic E-state index is 11.9. The first-order chi connectivity index (χ1) is 12.9. The van der Waals surface area contributed by atoms with Crippen LogP contribution in [0.3, 0.4) is 0 Å². The zero-order valence-corrected chi connectivity index (χ0v) is 17.2. The summed E-state index contributed by atoms with van der Waals surface area (Å²) in [6, 6.07) is 8.46. The summed E-state index contributed by atoms with van der Waals surface area (Å²) in [6.07, 6.45) is 10.4. The molecule has 1 N–H and O–H groups in total. The molecule has 5 heteroatoms. The lowest BCUT2D eigenvalue weighted by molar-refractivity contribution is 0.120. The second-order valence-corrected chi connectivity index (χ2v) is 11.5. The largest absolute Gasteiger partial charge is 0.303 e. The molecule has 0 radical (unpaired) electrons. The van der Waals surface area contributed by atoms with Gasteiger partial charge in [-0.3, -0.25) is 0 Å². The summed E-state index contributed by atoms with van der Waals surface area (Å²) < 4.78 is 26.6. The van der Waals surface area contributed by atoms with Crippen molar-refractivity contribution < 1.29 is 8.42 Å². The van der Waals surface area contributed by atoms with E-state index in [0.29, 0.717) is 0 Å². The Morgan fingerprint density at radius 2 is 1.93 bits per heavy atom. The Hall–Kier alpha value is -0.910. The smallest absolute Gasteiger partial charge is 0.209 e. The number of rotatable bonds is 4. The third-order valence-electron chi connectivity index (χ3n) is 8.05. The third-order valence-corrected chi connectivity index (χ3v) is 8.76. The van der Waals surface area contributed by atoms with Crippen molar-refractivity contribution in [3.8, 4) is 0 Å². The van der Waals surface area contributed by atoms with Gasteiger partial charge in [-0.2, -0.15) is 0 Å². The Balaban J connectivity index is 1.29. The highest BCUT2D eigenvalue weighted by Crippen LogP contribution is 2.52. The van der Waals surface area contributed by atoms with Gasteiger partial charge in [0.15, 0.2) is 0 Å². The van der Waals surface area contributed by atoms with Crippen LogP contribution in [-0.2, 0) is 15.4 Å². The summed E-state index contributed by atoms with van der Waals surface area (Å²) in [6.45, 7) is 3.62. The quantitative estimate of drug-likeness (QED) is 0.859. The highest BCUT2D eigenvalue weighted by Gasteiger charge is 2.47. The molecular formula is C22H32N2O2S. The second kappa shape index (κ2) is 6.57. The average molecular weight is 389 g/mol. The minimum absolute atomic E-state index is 0.0617. The van der Waals surface area contributed by atoms with Crippen LogP contribution in [0.4, 0.5) is 0 Å². The van der Waals surface area contributed by atoms with E-state index < -0.39 is 10.0 Å². The number of hydrogen-bond donors (Lipinski definition) is 1. The molecule has 1 heterocycles. The highest BCUT2D eigenvalue weighted by atomic mass is 32.2. The molecule has 5 rings (SSSR count). The Morgan fingerprint density at radius 1 is 1.15 bits per heavy atom. The Labute approximate surface area is 163 Å². The van der Waals surface area contributed by atoms with Gasteiger partial charge in [-0.1, -0.05) is 30.7 Å². The number of sulfonamides is 1. The van der Waals surface area contributed by atoms with Crippen molar-refractivity contribution in [1.82, 2.24) is 9.62 Å². The van der Waals surface area contributed by atoms with E-state index in [4.69, 9.17) is 0 Å². The topological polar surface area (TPSA) is 49.4 Å². The molecule has 2 bridgehead atoms. The molecule has 4 aliphatic rings. The summed E-state index contributed by atoms with van der Waals surface area (Å²) in [5.41, 5.74) is 2.75. The summed E-state index contributed by atoms with van der Waals surface area (Å²) in [5.74, 6) is 2.97. The molecule has 2 saturated carbocycles. The lowest BCUT2D eigenvalue weighted by atomic mass is 9.73. The van der Waals surface area contributed by atoms with Gasteiger partial charge >= 0.3 is 0 Å². The molecule has 1 unspecified atom stereocenters. The van der Waals surface area contributed by atoms with Crippen LogP contribution in [0.2, 0.25) is 0 Å². The van der Waals surface area contributed by atoms with Gasteiger partial charge in [-0.15, -0.1) is 0 Å². The number of nitrogens with zero attached hydrogens (tertiary/aromatic N) is 1. The number of nitrogens with one attached hydrogen (secondary N) is 1. The van der Waals surface area contributed by atoms with E-state index in [9.17, 15) is 8.42 Å². The van der Waals surface area contributed by atoms with E-state index in [0.717, 1.165) is 50.1 Å². The predicted octanol–water partition coefficient (Wildman–Crippen LogP) is 3.45. The first-order valence-corrected chi connectivity index (χ1v) is 12.6. The van der Waals surface area contributed by atoms with Gasteiger partial charge in [-0.05, 0) is 85.9 Å². The fourth-order valence-corrected chi connectivity index (χ4v) is 7.55. The van der Waals surface area contributed by atoms with E-state index in [1.807, 2.05) is 6.07 Å². The summed E-state index contributed by atoms with van der Waals surface area (Å²) in [4.78, 5) is 2.70. The van der Waals surface area contributed by atoms with Crippen molar-refractivity contribution in [2.75, 3.05) is 25.9 Å². The fraction of sp³-hybridized carbons (Fsp3) is 0.727. The van der Waals surface area contributed by atoms with Crippen LogP contribution in [0.5, 0.6) is 0 Å². The van der Waals surface area contributed by atoms with Crippen LogP contribution < -0.4 is 4.72 Å². The van der Waals surface area contributed by atoms with Crippen LogP contribution in [0.25, 0.3) is 0 Å². The fourth-order valence-electron chi connectivity index (χ4n) is 6.83. The SMILES string of the molecule is CS(=O)(=O)N[C@@H]1CC2(CCN(C[C@H]3C[C@H]4CCC3C4)CC2)c2ccccc21. The van der Waals surface area contributed by atoms with E-state index >= 15 is 0 Å². The molecule has 0 amide bonds. The molecule has 3 fully saturated rings. The summed E-state index contributed by atoms with van der Waals surface area (Å²) >= 11 is 0. The van der Waals surface area contributed by atoms with E-state index in [-0.39, 0.29) is 11.5 Å². The van der Waals surface area contributed by atoms with Crippen molar-refractivity contribution in [2.24, 2.45) is 17.8 Å². The van der Waals surface area contributed by atoms with Crippen LogP contribution in [0.15, 0.2) is 24.3 Å². The van der Waals surface area contributed by atoms with Crippen molar-refractivity contribution in [3.63, 3.8) is 0 Å². The lowest BCUT2D eigenvalue weighted by Gasteiger charge is -2.42. The minimum Gasteiger partial charge on any atom is -0.303 e. The molecule has 3 aliphatic carbocycles. The molecule has 1 spiro atoms. The Morgan fingerprint density at radius 3 is 2.59 bits per heavy atom. The van der Waals surface area contributed by atoms with E-state index in [1.54, 1.807) is 0 Å². The van der Waals surface area contributed by atoms with Crippen LogP contribution in [0, 0.1) is 17.8 Å². The number of benzene rings is 1. The molecule has 4 nitrogen and oxygen atoms in total. The lowest BCUT2D eigenvalue weighted by Crippen LogP contribution is -2.44. The van der Waals surface area contributed by atoms with Crippen LogP contribution in [0.1, 0.15) is 62.1 Å². The number of likely N-dealkylation sites (tertiary alicyclic amines) is 1. The molecular weight excluding hydrogens is 356 g/mol. The van der Waals surface area contributed by atoms with E-state index in [2.05, 4.69) is 27.8 Å². The minimum atomic E-state index is -3.20. The van der Waals surface area contributed by atoms with Gasteiger partial charge < -0.3 is 4.90 Å². The normalized spacial score (nSPS) is 35.0. The molecule has 1 aromatic carbocycles. The molecule has 1 saturated heterocycles. The monoisotopic (exact) mass is 388 g/mol. The molecule has 148 valence electrons. The van der Waals surface area contributed by atoms with Crippen molar-refractivity contribution in [1.29, 1.82) is 0 Å². The van der Waals surface area contributed by atoms with Gasteiger partial charge in [0.05, 0.1) is 6.26 Å². The van der Waals surface area contributed by atoms with Crippen molar-refractivity contribution >= 4 is 10.0 Å². The highest BCUT2D eigenvalue weighted by molar-refractivity contribution is 7.88. The number of fused-ring (bicyclic) bond motifs is 4. The zero-order chi connectivity index (χ0) is 18.6. The summed E-state index contributed by atoms with van der Waals surface area (Å²) in [5, 5.41) is 0. The van der Waals surface area contributed by atoms with Gasteiger partial charge in [0, 0.05) is 12.6 Å². The van der Waals surface area contributed by atoms with Crippen LogP contribution >= 0.6 is 0 Å². The third kappa shape index (κ3) is 3.36. The van der Waals surface area contributed by atoms with Crippen molar-refractivity contribution in [3.05, 3.63) is 35.4 Å². The first kappa shape index (κ1) is 18.1. The Bertz CT molecular complexity index is 813. The molecule has 27 heavy (non-hydrogen) atoms. The molecule has 1 aromatic rings. The van der Waals surface area contributed by atoms with Crippen molar-refractivity contribution in [2.45, 2.75) is 56.4 Å². The number of hydrogen-bond acceptors (Lipinski definition) is 3. The second-order valence-electron chi connectivity index (χ2n) is 9.75. The zero-order valence-electron chi connectivity index (χ0n) is 16.4. The molecule has 4 atom stereocenters. The summed E-state index contributed by atoms with van der Waals surface area (Å²) in [7, 11) is -3.20. The number of piperidine rings is 1. The van der Waals surface area contributed by atoms with E-state index in [1.165, 1.54) is 49.6 Å². The van der Waals surface area contributed by atoms with Crippen LogP contribution in [-0.4, -0.2) is 39.2 Å². The first-order valence-electron chi connectivity index (χ1n) is 10.7. The Kier molecular flexibility index (Phi) is 4.41. The maximum atomic E-state index is 11.9.